The largest absolute Gasteiger partial charge is 0.497 e. The van der Waals surface area contributed by atoms with Crippen LogP contribution in [0.1, 0.15) is 22.8 Å². The predicted octanol–water partition coefficient (Wildman–Crippen LogP) is 4.70. The van der Waals surface area contributed by atoms with Crippen LogP contribution in [0, 0.1) is 6.92 Å². The number of aliphatic hydroxyl groups is 1. The van der Waals surface area contributed by atoms with Gasteiger partial charge in [-0.1, -0.05) is 33.6 Å². The molecule has 1 N–H and O–H groups in total. The molecule has 0 bridgehead atoms. The molecule has 0 aromatic heterocycles. The van der Waals surface area contributed by atoms with Crippen LogP contribution in [0.15, 0.2) is 40.9 Å². The van der Waals surface area contributed by atoms with Crippen molar-refractivity contribution < 1.29 is 9.84 Å². The topological polar surface area (TPSA) is 29.5 Å². The fourth-order valence-electron chi connectivity index (χ4n) is 2.12. The summed E-state index contributed by atoms with van der Waals surface area (Å²) in [6.45, 7) is 1.96. The minimum absolute atomic E-state index is 0.498. The second-order valence-electron chi connectivity index (χ2n) is 4.74. The van der Waals surface area contributed by atoms with Gasteiger partial charge in [0.25, 0.3) is 0 Å². The number of hydrogen-bond donors (Lipinski definition) is 1. The molecule has 1 atom stereocenters. The van der Waals surface area contributed by atoms with Crippen molar-refractivity contribution in [2.45, 2.75) is 19.4 Å². The van der Waals surface area contributed by atoms with Crippen molar-refractivity contribution in [3.63, 3.8) is 0 Å². The molecule has 0 aliphatic rings. The Balaban J connectivity index is 2.24. The van der Waals surface area contributed by atoms with Crippen molar-refractivity contribution in [3.8, 4) is 5.75 Å². The van der Waals surface area contributed by atoms with Crippen molar-refractivity contribution >= 4 is 27.5 Å². The van der Waals surface area contributed by atoms with E-state index in [2.05, 4.69) is 15.9 Å². The first-order valence-corrected chi connectivity index (χ1v) is 7.44. The van der Waals surface area contributed by atoms with Crippen LogP contribution in [0.4, 0.5) is 0 Å². The molecule has 2 aromatic rings. The van der Waals surface area contributed by atoms with Gasteiger partial charge < -0.3 is 9.84 Å². The van der Waals surface area contributed by atoms with Gasteiger partial charge in [-0.05, 0) is 53.9 Å². The molecule has 0 aliphatic carbocycles. The Hall–Kier alpha value is -1.03. The summed E-state index contributed by atoms with van der Waals surface area (Å²) in [7, 11) is 1.63. The summed E-state index contributed by atoms with van der Waals surface area (Å²) >= 11 is 9.53. The lowest BCUT2D eigenvalue weighted by atomic mass is 10.00. The highest BCUT2D eigenvalue weighted by molar-refractivity contribution is 9.10. The number of halogens is 2. The lowest BCUT2D eigenvalue weighted by Gasteiger charge is -2.14. The summed E-state index contributed by atoms with van der Waals surface area (Å²) < 4.78 is 6.17. The van der Waals surface area contributed by atoms with Crippen LogP contribution in [-0.2, 0) is 6.42 Å². The maximum absolute atomic E-state index is 10.4. The zero-order valence-electron chi connectivity index (χ0n) is 11.4. The number of methoxy groups -OCH3 is 1. The van der Waals surface area contributed by atoms with E-state index in [-0.39, 0.29) is 0 Å². The smallest absolute Gasteiger partial charge is 0.119 e. The molecule has 2 nitrogen and oxygen atoms in total. The number of rotatable bonds is 4. The third kappa shape index (κ3) is 3.75. The molecule has 0 fully saturated rings. The Morgan fingerprint density at radius 3 is 2.65 bits per heavy atom. The number of aliphatic hydroxyl groups excluding tert-OH is 1. The van der Waals surface area contributed by atoms with Gasteiger partial charge in [-0.25, -0.2) is 0 Å². The summed E-state index contributed by atoms with van der Waals surface area (Å²) in [6.07, 6.45) is -0.104. The highest BCUT2D eigenvalue weighted by Crippen LogP contribution is 2.28. The number of benzene rings is 2. The summed E-state index contributed by atoms with van der Waals surface area (Å²) in [5.74, 6) is 0.776. The Morgan fingerprint density at radius 1 is 1.25 bits per heavy atom. The van der Waals surface area contributed by atoms with Gasteiger partial charge in [0.15, 0.2) is 0 Å². The van der Waals surface area contributed by atoms with E-state index in [1.165, 1.54) is 0 Å². The van der Waals surface area contributed by atoms with Crippen LogP contribution in [0.3, 0.4) is 0 Å². The first-order valence-electron chi connectivity index (χ1n) is 6.27. The second-order valence-corrected chi connectivity index (χ2v) is 6.03. The average Bonchev–Trinajstić information content (AvgIpc) is 2.40. The Kier molecular flexibility index (Phi) is 5.08. The summed E-state index contributed by atoms with van der Waals surface area (Å²) in [5, 5.41) is 11.0. The quantitative estimate of drug-likeness (QED) is 0.861. The monoisotopic (exact) mass is 354 g/mol. The molecule has 0 saturated carbocycles. The van der Waals surface area contributed by atoms with E-state index in [1.807, 2.05) is 37.3 Å². The van der Waals surface area contributed by atoms with Crippen LogP contribution in [0.2, 0.25) is 5.02 Å². The van der Waals surface area contributed by atoms with Gasteiger partial charge in [-0.2, -0.15) is 0 Å². The molecule has 20 heavy (non-hydrogen) atoms. The average molecular weight is 356 g/mol. The first-order chi connectivity index (χ1) is 9.49. The molecular formula is C16H16BrClO2. The number of hydrogen-bond acceptors (Lipinski definition) is 2. The van der Waals surface area contributed by atoms with Crippen LogP contribution in [-0.4, -0.2) is 12.2 Å². The minimum atomic E-state index is -0.601. The van der Waals surface area contributed by atoms with E-state index in [4.69, 9.17) is 16.3 Å². The lowest BCUT2D eigenvalue weighted by molar-refractivity contribution is 0.178. The molecule has 1 unspecified atom stereocenters. The first kappa shape index (κ1) is 15.4. The zero-order valence-corrected chi connectivity index (χ0v) is 13.7. The maximum Gasteiger partial charge on any atom is 0.119 e. The third-order valence-corrected chi connectivity index (χ3v) is 4.11. The highest BCUT2D eigenvalue weighted by Gasteiger charge is 2.12. The molecule has 0 heterocycles. The fourth-order valence-corrected chi connectivity index (χ4v) is 2.82. The molecule has 4 heteroatoms. The SMILES string of the molecule is COc1ccc(Br)c(CC(O)c2cc(C)cc(Cl)c2)c1. The second kappa shape index (κ2) is 6.61. The molecular weight excluding hydrogens is 340 g/mol. The van der Waals surface area contributed by atoms with Crippen molar-refractivity contribution in [2.24, 2.45) is 0 Å². The zero-order chi connectivity index (χ0) is 14.7. The molecule has 0 spiro atoms. The van der Waals surface area contributed by atoms with Gasteiger partial charge in [0.05, 0.1) is 13.2 Å². The maximum atomic E-state index is 10.4. The minimum Gasteiger partial charge on any atom is -0.497 e. The van der Waals surface area contributed by atoms with E-state index in [9.17, 15) is 5.11 Å². The van der Waals surface area contributed by atoms with Gasteiger partial charge in [0.1, 0.15) is 5.75 Å². The summed E-state index contributed by atoms with van der Waals surface area (Å²) in [5.41, 5.74) is 2.86. The van der Waals surface area contributed by atoms with Crippen LogP contribution in [0.5, 0.6) is 5.75 Å². The van der Waals surface area contributed by atoms with Crippen LogP contribution in [0.25, 0.3) is 0 Å². The van der Waals surface area contributed by atoms with Crippen LogP contribution >= 0.6 is 27.5 Å². The van der Waals surface area contributed by atoms with Gasteiger partial charge >= 0.3 is 0 Å². The van der Waals surface area contributed by atoms with E-state index in [0.717, 1.165) is 26.9 Å². The molecule has 0 radical (unpaired) electrons. The van der Waals surface area contributed by atoms with Crippen molar-refractivity contribution in [2.75, 3.05) is 7.11 Å². The van der Waals surface area contributed by atoms with Gasteiger partial charge in [0.2, 0.25) is 0 Å². The predicted molar refractivity (Wildman–Crippen MR) is 85.5 cm³/mol. The molecule has 0 aliphatic heterocycles. The third-order valence-electron chi connectivity index (χ3n) is 3.12. The molecule has 0 saturated heterocycles. The summed E-state index contributed by atoms with van der Waals surface area (Å²) in [6, 6.07) is 11.3. The van der Waals surface area contributed by atoms with Gasteiger partial charge in [-0.15, -0.1) is 0 Å². The summed E-state index contributed by atoms with van der Waals surface area (Å²) in [4.78, 5) is 0. The van der Waals surface area contributed by atoms with Gasteiger partial charge in [0, 0.05) is 15.9 Å². The normalized spacial score (nSPS) is 12.2. The molecule has 106 valence electrons. The fraction of sp³-hybridized carbons (Fsp3) is 0.250. The van der Waals surface area contributed by atoms with Crippen molar-refractivity contribution in [1.29, 1.82) is 0 Å². The van der Waals surface area contributed by atoms with E-state index >= 15 is 0 Å². The van der Waals surface area contributed by atoms with E-state index in [1.54, 1.807) is 13.2 Å². The number of ether oxygens (including phenoxy) is 1. The molecule has 2 aromatic carbocycles. The van der Waals surface area contributed by atoms with Crippen molar-refractivity contribution in [1.82, 2.24) is 0 Å². The Bertz CT molecular complexity index is 593. The molecule has 2 rings (SSSR count). The van der Waals surface area contributed by atoms with Crippen molar-refractivity contribution in [3.05, 3.63) is 62.6 Å². The van der Waals surface area contributed by atoms with E-state index in [0.29, 0.717) is 11.4 Å². The molecule has 0 amide bonds. The van der Waals surface area contributed by atoms with E-state index < -0.39 is 6.10 Å². The highest BCUT2D eigenvalue weighted by atomic mass is 79.9. The standard InChI is InChI=1S/C16H16BrClO2/c1-10-5-12(7-13(18)6-10)16(19)9-11-8-14(20-2)3-4-15(11)17/h3-8,16,19H,9H2,1-2H3. The lowest BCUT2D eigenvalue weighted by Crippen LogP contribution is -2.03. The Morgan fingerprint density at radius 2 is 2.00 bits per heavy atom. The van der Waals surface area contributed by atoms with Crippen LogP contribution < -0.4 is 4.74 Å². The Labute approximate surface area is 132 Å². The van der Waals surface area contributed by atoms with Gasteiger partial charge in [-0.3, -0.25) is 0 Å². The number of aryl methyl sites for hydroxylation is 1.